The summed E-state index contributed by atoms with van der Waals surface area (Å²) >= 11 is 0. The lowest BCUT2D eigenvalue weighted by molar-refractivity contribution is -0.0473. The number of aliphatic imine (C=N–C) groups is 1. The van der Waals surface area contributed by atoms with E-state index in [1.165, 1.54) is 0 Å². The van der Waals surface area contributed by atoms with Crippen molar-refractivity contribution in [3.8, 4) is 0 Å². The van der Waals surface area contributed by atoms with Crippen molar-refractivity contribution in [2.24, 2.45) is 4.99 Å². The average Bonchev–Trinajstić information content (AvgIpc) is 3.03. The van der Waals surface area contributed by atoms with E-state index in [9.17, 15) is 0 Å². The zero-order chi connectivity index (χ0) is 10.8. The zero-order valence-corrected chi connectivity index (χ0v) is 8.85. The largest absolute Gasteiger partial charge is 0.367 e. The number of nitrogens with one attached hydrogen (secondary N) is 1. The van der Waals surface area contributed by atoms with Crippen molar-refractivity contribution in [2.75, 3.05) is 26.3 Å². The van der Waals surface area contributed by atoms with Crippen LogP contribution in [0.15, 0.2) is 23.2 Å². The summed E-state index contributed by atoms with van der Waals surface area (Å²) < 4.78 is 10.8. The topological polar surface area (TPSA) is 55.7 Å². The number of ether oxygens (including phenoxy) is 2. The average molecular weight is 219 g/mol. The number of amidine groups is 1. The van der Waals surface area contributed by atoms with Gasteiger partial charge in [0.1, 0.15) is 11.5 Å². The van der Waals surface area contributed by atoms with E-state index < -0.39 is 0 Å². The molecule has 2 aliphatic heterocycles. The quantitative estimate of drug-likeness (QED) is 0.786. The lowest BCUT2D eigenvalue weighted by Crippen LogP contribution is -2.21. The minimum Gasteiger partial charge on any atom is -0.367 e. The predicted molar refractivity (Wildman–Crippen MR) is 58.3 cm³/mol. The molecule has 3 heterocycles. The van der Waals surface area contributed by atoms with Crippen LogP contribution in [0, 0.1) is 0 Å². The van der Waals surface area contributed by atoms with Crippen LogP contribution in [0.3, 0.4) is 0 Å². The molecule has 1 saturated heterocycles. The van der Waals surface area contributed by atoms with Gasteiger partial charge in [-0.25, -0.2) is 4.98 Å². The maximum Gasteiger partial charge on any atom is 0.201 e. The summed E-state index contributed by atoms with van der Waals surface area (Å²) in [6, 6.07) is 5.80. The van der Waals surface area contributed by atoms with Crippen molar-refractivity contribution in [1.82, 2.24) is 10.3 Å². The number of hydrogen-bond acceptors (Lipinski definition) is 5. The Morgan fingerprint density at radius 2 is 2.12 bits per heavy atom. The lowest BCUT2D eigenvalue weighted by atomic mass is 10.3. The fraction of sp³-hybridized carbons (Fsp3) is 0.455. The number of nitrogens with zero attached hydrogens (tertiary/aromatic N) is 2. The Bertz CT molecular complexity index is 413. The second-order valence-corrected chi connectivity index (χ2v) is 3.68. The molecule has 16 heavy (non-hydrogen) atoms. The minimum absolute atomic E-state index is 0.318. The summed E-state index contributed by atoms with van der Waals surface area (Å²) in [5.41, 5.74) is 1.67. The number of hydrogen-bond donors (Lipinski definition) is 1. The highest BCUT2D eigenvalue weighted by Gasteiger charge is 2.20. The fourth-order valence-electron chi connectivity index (χ4n) is 1.81. The molecule has 0 aliphatic carbocycles. The van der Waals surface area contributed by atoms with Crippen LogP contribution >= 0.6 is 0 Å². The normalized spacial score (nSPS) is 20.9. The summed E-state index contributed by atoms with van der Waals surface area (Å²) in [7, 11) is 0. The van der Waals surface area contributed by atoms with E-state index in [2.05, 4.69) is 15.3 Å². The van der Waals surface area contributed by atoms with Gasteiger partial charge in [0.15, 0.2) is 0 Å². The smallest absolute Gasteiger partial charge is 0.201 e. The van der Waals surface area contributed by atoms with Crippen molar-refractivity contribution in [3.05, 3.63) is 29.6 Å². The van der Waals surface area contributed by atoms with Gasteiger partial charge >= 0.3 is 0 Å². The molecule has 2 aliphatic rings. The van der Waals surface area contributed by atoms with Crippen molar-refractivity contribution < 1.29 is 9.47 Å². The van der Waals surface area contributed by atoms with Gasteiger partial charge in [0.2, 0.25) is 6.29 Å². The molecule has 0 aromatic carbocycles. The first-order valence-electron chi connectivity index (χ1n) is 5.42. The van der Waals surface area contributed by atoms with Gasteiger partial charge in [0.05, 0.1) is 25.5 Å². The first-order chi connectivity index (χ1) is 7.93. The first-order valence-corrected chi connectivity index (χ1v) is 5.42. The second-order valence-electron chi connectivity index (χ2n) is 3.68. The molecule has 0 saturated carbocycles. The molecule has 5 nitrogen and oxygen atoms in total. The molecule has 0 radical (unpaired) electrons. The first kappa shape index (κ1) is 9.74. The van der Waals surface area contributed by atoms with E-state index >= 15 is 0 Å². The standard InChI is InChI=1S/C11H13N3O2/c1-2-8(10-12-4-5-13-10)14-9(3-1)11-15-6-7-16-11/h1-3,11H,4-7H2,(H,12,13). The molecule has 0 amide bonds. The van der Waals surface area contributed by atoms with Gasteiger partial charge in [-0.05, 0) is 12.1 Å². The summed E-state index contributed by atoms with van der Waals surface area (Å²) in [4.78, 5) is 8.83. The molecule has 0 bridgehead atoms. The molecular formula is C11H13N3O2. The van der Waals surface area contributed by atoms with E-state index in [0.29, 0.717) is 13.2 Å². The lowest BCUT2D eigenvalue weighted by Gasteiger charge is -2.09. The highest BCUT2D eigenvalue weighted by molar-refractivity contribution is 5.98. The summed E-state index contributed by atoms with van der Waals surface area (Å²) in [5, 5.41) is 3.20. The van der Waals surface area contributed by atoms with E-state index in [1.807, 2.05) is 18.2 Å². The predicted octanol–water partition coefficient (Wildman–Crippen LogP) is 0.477. The maximum atomic E-state index is 5.41. The van der Waals surface area contributed by atoms with Crippen LogP contribution in [0.2, 0.25) is 0 Å². The highest BCUT2D eigenvalue weighted by atomic mass is 16.7. The third-order valence-corrected chi connectivity index (χ3v) is 2.55. The highest BCUT2D eigenvalue weighted by Crippen LogP contribution is 2.21. The van der Waals surface area contributed by atoms with Crippen LogP contribution in [-0.2, 0) is 9.47 Å². The molecule has 0 unspecified atom stereocenters. The zero-order valence-electron chi connectivity index (χ0n) is 8.85. The third kappa shape index (κ3) is 1.79. The van der Waals surface area contributed by atoms with Crippen molar-refractivity contribution in [2.45, 2.75) is 6.29 Å². The maximum absolute atomic E-state index is 5.41. The van der Waals surface area contributed by atoms with Gasteiger partial charge in [0.25, 0.3) is 0 Å². The fourth-order valence-corrected chi connectivity index (χ4v) is 1.81. The Kier molecular flexibility index (Phi) is 2.55. The van der Waals surface area contributed by atoms with Gasteiger partial charge in [-0.1, -0.05) is 6.07 Å². The molecule has 5 heteroatoms. The van der Waals surface area contributed by atoms with Crippen LogP contribution in [0.4, 0.5) is 0 Å². The SMILES string of the molecule is c1cc(C2=NCCN2)nc(C2OCCO2)c1. The number of pyridine rings is 1. The van der Waals surface area contributed by atoms with Gasteiger partial charge < -0.3 is 14.8 Å². The number of aromatic nitrogens is 1. The Morgan fingerprint density at radius 3 is 2.88 bits per heavy atom. The molecule has 1 aromatic rings. The van der Waals surface area contributed by atoms with Crippen LogP contribution in [0.5, 0.6) is 0 Å². The molecule has 0 atom stereocenters. The second kappa shape index (κ2) is 4.19. The molecular weight excluding hydrogens is 206 g/mol. The van der Waals surface area contributed by atoms with Crippen molar-refractivity contribution in [3.63, 3.8) is 0 Å². The van der Waals surface area contributed by atoms with E-state index in [0.717, 1.165) is 30.3 Å². The third-order valence-electron chi connectivity index (χ3n) is 2.55. The molecule has 1 N–H and O–H groups in total. The van der Waals surface area contributed by atoms with Gasteiger partial charge in [0, 0.05) is 6.54 Å². The molecule has 1 aromatic heterocycles. The van der Waals surface area contributed by atoms with Crippen LogP contribution < -0.4 is 5.32 Å². The Hall–Kier alpha value is -1.46. The van der Waals surface area contributed by atoms with Crippen molar-refractivity contribution in [1.29, 1.82) is 0 Å². The molecule has 0 spiro atoms. The van der Waals surface area contributed by atoms with Gasteiger partial charge in [-0.15, -0.1) is 0 Å². The van der Waals surface area contributed by atoms with E-state index in [1.54, 1.807) is 0 Å². The van der Waals surface area contributed by atoms with Gasteiger partial charge in [-0.3, -0.25) is 4.99 Å². The Labute approximate surface area is 93.5 Å². The Balaban J connectivity index is 1.87. The summed E-state index contributed by atoms with van der Waals surface area (Å²) in [6.07, 6.45) is -0.318. The van der Waals surface area contributed by atoms with Crippen LogP contribution in [0.1, 0.15) is 17.7 Å². The van der Waals surface area contributed by atoms with Crippen LogP contribution in [0.25, 0.3) is 0 Å². The molecule has 3 rings (SSSR count). The molecule has 84 valence electrons. The summed E-state index contributed by atoms with van der Waals surface area (Å²) in [5.74, 6) is 0.861. The van der Waals surface area contributed by atoms with E-state index in [-0.39, 0.29) is 6.29 Å². The van der Waals surface area contributed by atoms with Crippen LogP contribution in [-0.4, -0.2) is 37.1 Å². The van der Waals surface area contributed by atoms with Gasteiger partial charge in [-0.2, -0.15) is 0 Å². The minimum atomic E-state index is -0.318. The molecule has 1 fully saturated rings. The summed E-state index contributed by atoms with van der Waals surface area (Å²) in [6.45, 7) is 2.97. The van der Waals surface area contributed by atoms with E-state index in [4.69, 9.17) is 9.47 Å². The Morgan fingerprint density at radius 1 is 1.25 bits per heavy atom. The van der Waals surface area contributed by atoms with Crippen molar-refractivity contribution >= 4 is 5.84 Å². The number of rotatable bonds is 2. The monoisotopic (exact) mass is 219 g/mol.